The Labute approximate surface area is 338 Å². The summed E-state index contributed by atoms with van der Waals surface area (Å²) in [5, 5.41) is 7.34. The third-order valence-electron chi connectivity index (χ3n) is 11.6. The second kappa shape index (κ2) is 13.1. The number of aromatic nitrogens is 1. The van der Waals surface area contributed by atoms with Crippen LogP contribution in [0.25, 0.3) is 91.9 Å². The molecule has 0 fully saturated rings. The molecule has 12 aromatic rings. The van der Waals surface area contributed by atoms with Gasteiger partial charge in [-0.1, -0.05) is 133 Å². The fraction of sp³-hybridized carbons (Fsp3) is 0. The lowest BCUT2D eigenvalue weighted by atomic mass is 10.00. The molecular formula is C54H34N2OS. The molecule has 0 spiro atoms. The summed E-state index contributed by atoms with van der Waals surface area (Å²) in [6, 6.07) is 74.3. The van der Waals surface area contributed by atoms with Crippen LogP contribution in [0.5, 0.6) is 0 Å². The van der Waals surface area contributed by atoms with Crippen LogP contribution in [0.15, 0.2) is 211 Å². The monoisotopic (exact) mass is 758 g/mol. The average molecular weight is 759 g/mol. The van der Waals surface area contributed by atoms with Gasteiger partial charge in [0.2, 0.25) is 0 Å². The molecule has 58 heavy (non-hydrogen) atoms. The van der Waals surface area contributed by atoms with Crippen molar-refractivity contribution in [1.29, 1.82) is 0 Å². The van der Waals surface area contributed by atoms with E-state index in [4.69, 9.17) is 4.42 Å². The third kappa shape index (κ3) is 5.12. The number of hydrogen-bond acceptors (Lipinski definition) is 3. The van der Waals surface area contributed by atoms with E-state index in [0.29, 0.717) is 0 Å². The first-order chi connectivity index (χ1) is 28.8. The molecule has 0 amide bonds. The third-order valence-corrected chi connectivity index (χ3v) is 12.8. The van der Waals surface area contributed by atoms with Crippen molar-refractivity contribution in [3.05, 3.63) is 206 Å². The van der Waals surface area contributed by atoms with Crippen molar-refractivity contribution >= 4 is 92.3 Å². The van der Waals surface area contributed by atoms with Crippen LogP contribution in [0.1, 0.15) is 0 Å². The second-order valence-corrected chi connectivity index (χ2v) is 15.9. The van der Waals surface area contributed by atoms with E-state index in [9.17, 15) is 0 Å². The lowest BCUT2D eigenvalue weighted by molar-refractivity contribution is 0.670. The highest BCUT2D eigenvalue weighted by Crippen LogP contribution is 2.46. The molecule has 0 unspecified atom stereocenters. The van der Waals surface area contributed by atoms with Gasteiger partial charge in [0, 0.05) is 59.6 Å². The molecule has 9 aromatic carbocycles. The van der Waals surface area contributed by atoms with E-state index < -0.39 is 0 Å². The molecule has 0 aliphatic heterocycles. The van der Waals surface area contributed by atoms with Gasteiger partial charge in [0.05, 0.1) is 21.4 Å². The SMILES string of the molecule is c1ccc(-c2cccc3c2oc2ccc(-c4ccc(N(c5ccc(-n6c7ccccc7c7ccccc76)cc5)c5cccc6c5sc5ccccc56)cc4)cc23)cc1. The van der Waals surface area contributed by atoms with Crippen LogP contribution in [0.2, 0.25) is 0 Å². The van der Waals surface area contributed by atoms with E-state index >= 15 is 0 Å². The molecule has 12 rings (SSSR count). The topological polar surface area (TPSA) is 21.3 Å². The van der Waals surface area contributed by atoms with Crippen LogP contribution in [0, 0.1) is 0 Å². The van der Waals surface area contributed by atoms with Gasteiger partial charge in [-0.3, -0.25) is 0 Å². The van der Waals surface area contributed by atoms with Crippen molar-refractivity contribution in [3.63, 3.8) is 0 Å². The first-order valence-corrected chi connectivity index (χ1v) is 20.5. The highest BCUT2D eigenvalue weighted by atomic mass is 32.1. The number of thiophene rings is 1. The lowest BCUT2D eigenvalue weighted by Crippen LogP contribution is -2.10. The molecule has 0 radical (unpaired) electrons. The van der Waals surface area contributed by atoms with E-state index in [1.54, 1.807) is 0 Å². The summed E-state index contributed by atoms with van der Waals surface area (Å²) in [5.41, 5.74) is 13.3. The number of fused-ring (bicyclic) bond motifs is 9. The molecule has 3 nitrogen and oxygen atoms in total. The minimum atomic E-state index is 0.894. The standard InChI is InChI=1S/C54H34N2OS/c1-2-12-36(13-3-1)41-17-10-18-45-47-34-37(26-33-51(47)57-53(41)45)35-24-27-38(28-25-35)55(50-22-11-19-46-44-16-6-9-23-52(44)58-54(46)50)39-29-31-40(32-30-39)56-48-20-7-4-14-42(48)43-15-5-8-21-49(43)56/h1-34H. The van der Waals surface area contributed by atoms with E-state index in [2.05, 4.69) is 210 Å². The quantitative estimate of drug-likeness (QED) is 0.168. The van der Waals surface area contributed by atoms with Crippen molar-refractivity contribution < 1.29 is 4.42 Å². The van der Waals surface area contributed by atoms with Gasteiger partial charge in [-0.25, -0.2) is 0 Å². The maximum absolute atomic E-state index is 6.50. The summed E-state index contributed by atoms with van der Waals surface area (Å²) in [4.78, 5) is 2.41. The van der Waals surface area contributed by atoms with Crippen LogP contribution >= 0.6 is 11.3 Å². The van der Waals surface area contributed by atoms with Crippen molar-refractivity contribution in [1.82, 2.24) is 4.57 Å². The van der Waals surface area contributed by atoms with Gasteiger partial charge in [0.1, 0.15) is 11.2 Å². The van der Waals surface area contributed by atoms with Crippen LogP contribution in [-0.4, -0.2) is 4.57 Å². The molecule has 0 bridgehead atoms. The summed E-state index contributed by atoms with van der Waals surface area (Å²) in [5.74, 6) is 0. The summed E-state index contributed by atoms with van der Waals surface area (Å²) in [6.45, 7) is 0. The van der Waals surface area contributed by atoms with Crippen molar-refractivity contribution in [2.24, 2.45) is 0 Å². The van der Waals surface area contributed by atoms with Gasteiger partial charge in [-0.05, 0) is 89.5 Å². The number of furan rings is 1. The molecule has 0 saturated carbocycles. The molecule has 3 heterocycles. The molecule has 0 saturated heterocycles. The van der Waals surface area contributed by atoms with Crippen LogP contribution < -0.4 is 4.90 Å². The Morgan fingerprint density at radius 3 is 1.78 bits per heavy atom. The average Bonchev–Trinajstić information content (AvgIpc) is 3.97. The number of benzene rings is 9. The zero-order valence-electron chi connectivity index (χ0n) is 31.3. The highest BCUT2D eigenvalue weighted by molar-refractivity contribution is 7.26. The van der Waals surface area contributed by atoms with Gasteiger partial charge < -0.3 is 13.9 Å². The number of rotatable bonds is 6. The van der Waals surface area contributed by atoms with Crippen molar-refractivity contribution in [3.8, 4) is 27.9 Å². The predicted molar refractivity (Wildman–Crippen MR) is 247 cm³/mol. The molecular weight excluding hydrogens is 725 g/mol. The normalized spacial score (nSPS) is 11.8. The second-order valence-electron chi connectivity index (χ2n) is 14.9. The van der Waals surface area contributed by atoms with Gasteiger partial charge in [0.15, 0.2) is 0 Å². The minimum absolute atomic E-state index is 0.894. The van der Waals surface area contributed by atoms with Crippen molar-refractivity contribution in [2.75, 3.05) is 4.90 Å². The molecule has 4 heteroatoms. The van der Waals surface area contributed by atoms with Crippen molar-refractivity contribution in [2.45, 2.75) is 0 Å². The number of anilines is 3. The van der Waals surface area contributed by atoms with E-state index in [0.717, 1.165) is 66.9 Å². The van der Waals surface area contributed by atoms with Gasteiger partial charge >= 0.3 is 0 Å². The Morgan fingerprint density at radius 2 is 1.02 bits per heavy atom. The summed E-state index contributed by atoms with van der Waals surface area (Å²) >= 11 is 1.86. The Bertz CT molecular complexity index is 3450. The fourth-order valence-electron chi connectivity index (χ4n) is 8.91. The van der Waals surface area contributed by atoms with E-state index in [1.165, 1.54) is 42.0 Å². The lowest BCUT2D eigenvalue weighted by Gasteiger charge is -2.26. The summed E-state index contributed by atoms with van der Waals surface area (Å²) in [7, 11) is 0. The molecule has 0 N–H and O–H groups in total. The Balaban J connectivity index is 0.978. The summed E-state index contributed by atoms with van der Waals surface area (Å²) in [6.07, 6.45) is 0. The molecule has 0 aliphatic carbocycles. The van der Waals surface area contributed by atoms with Gasteiger partial charge in [0.25, 0.3) is 0 Å². The molecule has 3 aromatic heterocycles. The van der Waals surface area contributed by atoms with Crippen LogP contribution in [0.3, 0.4) is 0 Å². The Kier molecular flexibility index (Phi) is 7.40. The zero-order valence-corrected chi connectivity index (χ0v) is 32.2. The Hall–Kier alpha value is -7.40. The molecule has 0 aliphatic rings. The summed E-state index contributed by atoms with van der Waals surface area (Å²) < 4.78 is 11.4. The van der Waals surface area contributed by atoms with Gasteiger partial charge in [-0.15, -0.1) is 11.3 Å². The number of nitrogens with zero attached hydrogens (tertiary/aromatic N) is 2. The molecule has 0 atom stereocenters. The number of hydrogen-bond donors (Lipinski definition) is 0. The molecule has 272 valence electrons. The van der Waals surface area contributed by atoms with Crippen LogP contribution in [-0.2, 0) is 0 Å². The maximum Gasteiger partial charge on any atom is 0.143 e. The Morgan fingerprint density at radius 1 is 0.414 bits per heavy atom. The first kappa shape index (κ1) is 32.8. The number of para-hydroxylation sites is 3. The highest BCUT2D eigenvalue weighted by Gasteiger charge is 2.20. The maximum atomic E-state index is 6.50. The van der Waals surface area contributed by atoms with E-state index in [1.807, 2.05) is 17.4 Å². The minimum Gasteiger partial charge on any atom is -0.455 e. The van der Waals surface area contributed by atoms with Crippen LogP contribution in [0.4, 0.5) is 17.1 Å². The smallest absolute Gasteiger partial charge is 0.143 e. The van der Waals surface area contributed by atoms with E-state index in [-0.39, 0.29) is 0 Å². The first-order valence-electron chi connectivity index (χ1n) is 19.7. The largest absolute Gasteiger partial charge is 0.455 e. The van der Waals surface area contributed by atoms with Gasteiger partial charge in [-0.2, -0.15) is 0 Å². The fourth-order valence-corrected chi connectivity index (χ4v) is 10.1. The predicted octanol–water partition coefficient (Wildman–Crippen LogP) is 15.9. The zero-order chi connectivity index (χ0) is 38.2.